The fourth-order valence-electron chi connectivity index (χ4n) is 0.703. The molecule has 0 unspecified atom stereocenters. The summed E-state index contributed by atoms with van der Waals surface area (Å²) < 4.78 is 0. The number of carbonyl (C=O) groups is 1. The van der Waals surface area contributed by atoms with Gasteiger partial charge in [0.25, 0.3) is 0 Å². The monoisotopic (exact) mass is 181 g/mol. The average molecular weight is 181 g/mol. The van der Waals surface area contributed by atoms with Crippen molar-refractivity contribution in [3.05, 3.63) is 23.6 Å². The molecule has 0 aromatic heterocycles. The van der Waals surface area contributed by atoms with Crippen LogP contribution in [0.5, 0.6) is 0 Å². The highest BCUT2D eigenvalue weighted by molar-refractivity contribution is 5.95. The molecule has 0 rings (SSSR count). The van der Waals surface area contributed by atoms with Crippen LogP contribution in [-0.4, -0.2) is 17.1 Å². The van der Waals surface area contributed by atoms with Crippen LogP contribution >= 0.6 is 0 Å². The molecule has 13 heavy (non-hydrogen) atoms. The van der Waals surface area contributed by atoms with Crippen LogP contribution < -0.4 is 0 Å². The Kier molecular flexibility index (Phi) is 4.74. The Morgan fingerprint density at radius 3 is 2.38 bits per heavy atom. The maximum atomic E-state index is 11.0. The lowest BCUT2D eigenvalue weighted by atomic mass is 10.2. The molecule has 72 valence electrons. The number of hydrogen-bond donors (Lipinski definition) is 1. The minimum absolute atomic E-state index is 0.0781. The van der Waals surface area contributed by atoms with E-state index in [1.165, 1.54) is 6.92 Å². The number of aliphatic imine (C=N–C) groups is 1. The Balaban J connectivity index is 5.00. The van der Waals surface area contributed by atoms with Crippen molar-refractivity contribution in [2.24, 2.45) is 4.99 Å². The van der Waals surface area contributed by atoms with E-state index < -0.39 is 0 Å². The second-order valence-corrected chi connectivity index (χ2v) is 2.75. The van der Waals surface area contributed by atoms with Crippen molar-refractivity contribution in [3.8, 4) is 0 Å². The fraction of sp³-hybridized carbons (Fsp3) is 0.400. The lowest BCUT2D eigenvalue weighted by Crippen LogP contribution is -2.00. The van der Waals surface area contributed by atoms with Gasteiger partial charge in [-0.3, -0.25) is 9.79 Å². The van der Waals surface area contributed by atoms with Crippen molar-refractivity contribution in [1.29, 1.82) is 0 Å². The Bertz CT molecular complexity index is 275. The van der Waals surface area contributed by atoms with E-state index in [1.54, 1.807) is 13.1 Å². The average Bonchev–Trinajstić information content (AvgIpc) is 2.04. The number of rotatable bonds is 4. The van der Waals surface area contributed by atoms with Crippen LogP contribution in [0.15, 0.2) is 28.6 Å². The summed E-state index contributed by atoms with van der Waals surface area (Å²) in [5.41, 5.74) is 0.521. The summed E-state index contributed by atoms with van der Waals surface area (Å²) in [7, 11) is 0. The lowest BCUT2D eigenvalue weighted by Gasteiger charge is -2.01. The Morgan fingerprint density at radius 1 is 1.54 bits per heavy atom. The van der Waals surface area contributed by atoms with Gasteiger partial charge in [0.2, 0.25) is 0 Å². The van der Waals surface area contributed by atoms with E-state index >= 15 is 0 Å². The van der Waals surface area contributed by atoms with E-state index in [1.807, 2.05) is 6.92 Å². The van der Waals surface area contributed by atoms with Gasteiger partial charge in [-0.2, -0.15) is 0 Å². The standard InChI is InChI=1S/C10H15NO2/c1-5-6-11-9(8(4)12)10(13)7(2)3/h6,13H,2,5H2,1,3-4H3/b10-9+,11-6-. The zero-order valence-electron chi connectivity index (χ0n) is 8.29. The van der Waals surface area contributed by atoms with Crippen LogP contribution in [0, 0.1) is 0 Å². The molecular formula is C10H15NO2. The van der Waals surface area contributed by atoms with Crippen molar-refractivity contribution >= 4 is 12.0 Å². The van der Waals surface area contributed by atoms with Gasteiger partial charge in [-0.15, -0.1) is 0 Å². The Hall–Kier alpha value is -1.38. The van der Waals surface area contributed by atoms with Gasteiger partial charge in [0, 0.05) is 13.1 Å². The molecule has 3 nitrogen and oxygen atoms in total. The van der Waals surface area contributed by atoms with E-state index in [-0.39, 0.29) is 17.2 Å². The molecule has 0 atom stereocenters. The molecule has 0 aliphatic heterocycles. The molecular weight excluding hydrogens is 166 g/mol. The SMILES string of the molecule is C=C(C)/C(O)=C(\N=C/CC)C(C)=O. The molecule has 0 aromatic rings. The number of aliphatic hydroxyl groups is 1. The highest BCUT2D eigenvalue weighted by Gasteiger charge is 2.09. The van der Waals surface area contributed by atoms with Crippen LogP contribution in [0.1, 0.15) is 27.2 Å². The number of hydrogen-bond acceptors (Lipinski definition) is 3. The number of carbonyl (C=O) groups excluding carboxylic acids is 1. The van der Waals surface area contributed by atoms with Gasteiger partial charge in [0.1, 0.15) is 11.5 Å². The van der Waals surface area contributed by atoms with Crippen LogP contribution in [0.3, 0.4) is 0 Å². The minimum atomic E-state index is -0.259. The zero-order valence-corrected chi connectivity index (χ0v) is 8.29. The van der Waals surface area contributed by atoms with E-state index in [0.29, 0.717) is 5.57 Å². The fourth-order valence-corrected chi connectivity index (χ4v) is 0.703. The number of ketones is 1. The highest BCUT2D eigenvalue weighted by atomic mass is 16.3. The second-order valence-electron chi connectivity index (χ2n) is 2.75. The largest absolute Gasteiger partial charge is 0.505 e. The smallest absolute Gasteiger partial charge is 0.181 e. The third-order valence-corrected chi connectivity index (χ3v) is 1.36. The first kappa shape index (κ1) is 11.6. The Labute approximate surface area is 78.5 Å². The second kappa shape index (κ2) is 5.30. The van der Waals surface area contributed by atoms with Crippen LogP contribution in [-0.2, 0) is 4.79 Å². The molecule has 3 heteroatoms. The predicted octanol–water partition coefficient (Wildman–Crippen LogP) is 2.40. The maximum absolute atomic E-state index is 11.0. The summed E-state index contributed by atoms with van der Waals surface area (Å²) in [6, 6.07) is 0. The van der Waals surface area contributed by atoms with Crippen LogP contribution in [0.2, 0.25) is 0 Å². The molecule has 0 amide bonds. The molecule has 0 radical (unpaired) electrons. The van der Waals surface area contributed by atoms with E-state index in [2.05, 4.69) is 11.6 Å². The summed E-state index contributed by atoms with van der Waals surface area (Å²) in [6.07, 6.45) is 2.30. The molecule has 0 saturated carbocycles. The van der Waals surface area contributed by atoms with E-state index in [4.69, 9.17) is 0 Å². The minimum Gasteiger partial charge on any atom is -0.505 e. The van der Waals surface area contributed by atoms with Gasteiger partial charge in [-0.05, 0) is 18.9 Å². The lowest BCUT2D eigenvalue weighted by molar-refractivity contribution is -0.113. The normalized spacial score (nSPS) is 12.8. The van der Waals surface area contributed by atoms with E-state index in [9.17, 15) is 9.90 Å². The molecule has 0 fully saturated rings. The summed E-state index contributed by atoms with van der Waals surface area (Å²) >= 11 is 0. The molecule has 0 aliphatic rings. The van der Waals surface area contributed by atoms with Crippen LogP contribution in [0.4, 0.5) is 0 Å². The molecule has 0 spiro atoms. The summed E-state index contributed by atoms with van der Waals surface area (Å²) in [4.78, 5) is 14.9. The zero-order chi connectivity index (χ0) is 10.4. The molecule has 0 aliphatic carbocycles. The summed E-state index contributed by atoms with van der Waals surface area (Å²) in [6.45, 7) is 8.42. The third kappa shape index (κ3) is 3.69. The molecule has 0 aromatic carbocycles. The number of allylic oxidation sites excluding steroid dienone is 2. The first-order chi connectivity index (χ1) is 6.00. The molecule has 0 heterocycles. The first-order valence-electron chi connectivity index (χ1n) is 4.13. The number of aliphatic hydroxyl groups excluding tert-OH is 1. The number of nitrogens with zero attached hydrogens (tertiary/aromatic N) is 1. The molecule has 1 N–H and O–H groups in total. The molecule has 0 bridgehead atoms. The van der Waals surface area contributed by atoms with Crippen LogP contribution in [0.25, 0.3) is 0 Å². The first-order valence-corrected chi connectivity index (χ1v) is 4.13. The highest BCUT2D eigenvalue weighted by Crippen LogP contribution is 2.11. The third-order valence-electron chi connectivity index (χ3n) is 1.36. The van der Waals surface area contributed by atoms with Gasteiger partial charge in [-0.1, -0.05) is 13.5 Å². The van der Waals surface area contributed by atoms with Crippen molar-refractivity contribution in [3.63, 3.8) is 0 Å². The van der Waals surface area contributed by atoms with Crippen molar-refractivity contribution in [2.75, 3.05) is 0 Å². The van der Waals surface area contributed by atoms with Gasteiger partial charge >= 0.3 is 0 Å². The molecule has 0 saturated heterocycles. The summed E-state index contributed by atoms with van der Waals surface area (Å²) in [5.74, 6) is -0.387. The van der Waals surface area contributed by atoms with Crippen molar-refractivity contribution in [2.45, 2.75) is 27.2 Å². The van der Waals surface area contributed by atoms with Crippen molar-refractivity contribution < 1.29 is 9.90 Å². The van der Waals surface area contributed by atoms with Gasteiger partial charge in [0.15, 0.2) is 5.78 Å². The van der Waals surface area contributed by atoms with Gasteiger partial charge in [0.05, 0.1) is 0 Å². The van der Waals surface area contributed by atoms with Crippen molar-refractivity contribution in [1.82, 2.24) is 0 Å². The Morgan fingerprint density at radius 2 is 2.08 bits per heavy atom. The van der Waals surface area contributed by atoms with E-state index in [0.717, 1.165) is 6.42 Å². The van der Waals surface area contributed by atoms with Gasteiger partial charge < -0.3 is 5.11 Å². The van der Waals surface area contributed by atoms with Gasteiger partial charge in [-0.25, -0.2) is 0 Å². The summed E-state index contributed by atoms with van der Waals surface area (Å²) in [5, 5.41) is 9.43. The maximum Gasteiger partial charge on any atom is 0.181 e. The topological polar surface area (TPSA) is 49.7 Å². The number of Topliss-reactive ketones (excluding diaryl/α,β-unsaturated/α-hetero) is 1. The quantitative estimate of drug-likeness (QED) is 0.313. The predicted molar refractivity (Wildman–Crippen MR) is 53.9 cm³/mol.